The molecule has 0 atom stereocenters. The zero-order chi connectivity index (χ0) is 25.1. The SMILES string of the molecule is COc1ccc(-c2cc(C(=O)N3CCN(Cc4ccccc4)CC3)c3cc(F)ccc3n2)c(OC)c1. The lowest BCUT2D eigenvalue weighted by molar-refractivity contribution is 0.0630. The quantitative estimate of drug-likeness (QED) is 0.384. The summed E-state index contributed by atoms with van der Waals surface area (Å²) in [6, 6.07) is 21.9. The number of rotatable bonds is 6. The summed E-state index contributed by atoms with van der Waals surface area (Å²) < 4.78 is 25.1. The zero-order valence-corrected chi connectivity index (χ0v) is 20.4. The van der Waals surface area contributed by atoms with Crippen LogP contribution < -0.4 is 9.47 Å². The van der Waals surface area contributed by atoms with Crippen molar-refractivity contribution in [1.82, 2.24) is 14.8 Å². The Labute approximate surface area is 209 Å². The Morgan fingerprint density at radius 2 is 1.69 bits per heavy atom. The van der Waals surface area contributed by atoms with Crippen LogP contribution in [0.25, 0.3) is 22.2 Å². The molecular weight excluding hydrogens is 457 g/mol. The van der Waals surface area contributed by atoms with E-state index in [2.05, 4.69) is 17.0 Å². The fourth-order valence-corrected chi connectivity index (χ4v) is 4.64. The first-order valence-electron chi connectivity index (χ1n) is 11.9. The third-order valence-corrected chi connectivity index (χ3v) is 6.59. The Morgan fingerprint density at radius 3 is 2.42 bits per heavy atom. The average Bonchev–Trinajstić information content (AvgIpc) is 2.92. The van der Waals surface area contributed by atoms with E-state index < -0.39 is 5.82 Å². The summed E-state index contributed by atoms with van der Waals surface area (Å²) in [7, 11) is 3.17. The highest BCUT2D eigenvalue weighted by atomic mass is 19.1. The molecule has 4 aromatic rings. The van der Waals surface area contributed by atoms with Crippen molar-refractivity contribution >= 4 is 16.8 Å². The summed E-state index contributed by atoms with van der Waals surface area (Å²) in [5, 5.41) is 0.503. The van der Waals surface area contributed by atoms with Crippen molar-refractivity contribution in [2.75, 3.05) is 40.4 Å². The van der Waals surface area contributed by atoms with Gasteiger partial charge in [-0.3, -0.25) is 9.69 Å². The number of methoxy groups -OCH3 is 2. The highest BCUT2D eigenvalue weighted by Gasteiger charge is 2.25. The van der Waals surface area contributed by atoms with Crippen molar-refractivity contribution in [3.8, 4) is 22.8 Å². The van der Waals surface area contributed by atoms with Gasteiger partial charge in [0.25, 0.3) is 5.91 Å². The fraction of sp³-hybridized carbons (Fsp3) is 0.241. The number of fused-ring (bicyclic) bond motifs is 1. The normalized spacial score (nSPS) is 14.1. The van der Waals surface area contributed by atoms with Gasteiger partial charge in [-0.15, -0.1) is 0 Å². The largest absolute Gasteiger partial charge is 0.497 e. The number of amides is 1. The van der Waals surface area contributed by atoms with Crippen molar-refractivity contribution < 1.29 is 18.7 Å². The molecule has 1 aliphatic heterocycles. The highest BCUT2D eigenvalue weighted by molar-refractivity contribution is 6.07. The van der Waals surface area contributed by atoms with Crippen LogP contribution in [-0.2, 0) is 6.54 Å². The molecule has 0 spiro atoms. The van der Waals surface area contributed by atoms with Gasteiger partial charge >= 0.3 is 0 Å². The van der Waals surface area contributed by atoms with Gasteiger partial charge in [0.15, 0.2) is 0 Å². The summed E-state index contributed by atoms with van der Waals surface area (Å²) in [6.07, 6.45) is 0. The average molecular weight is 486 g/mol. The molecule has 36 heavy (non-hydrogen) atoms. The number of hydrogen-bond donors (Lipinski definition) is 0. The standard InChI is InChI=1S/C29H28FN3O3/c1-35-22-9-10-23(28(17-22)36-2)27-18-25(24-16-21(30)8-11-26(24)31-27)29(34)33-14-12-32(13-15-33)19-20-6-4-3-5-7-20/h3-11,16-18H,12-15,19H2,1-2H3. The van der Waals surface area contributed by atoms with E-state index in [4.69, 9.17) is 14.5 Å². The molecule has 1 amide bonds. The number of piperazine rings is 1. The van der Waals surface area contributed by atoms with E-state index in [1.165, 1.54) is 17.7 Å². The second-order valence-corrected chi connectivity index (χ2v) is 8.84. The number of carbonyl (C=O) groups is 1. The van der Waals surface area contributed by atoms with Crippen LogP contribution >= 0.6 is 0 Å². The van der Waals surface area contributed by atoms with E-state index in [1.807, 2.05) is 35.2 Å². The van der Waals surface area contributed by atoms with E-state index >= 15 is 0 Å². The van der Waals surface area contributed by atoms with E-state index in [0.29, 0.717) is 46.7 Å². The molecule has 2 heterocycles. The molecule has 0 aliphatic carbocycles. The maximum Gasteiger partial charge on any atom is 0.254 e. The summed E-state index contributed by atoms with van der Waals surface area (Å²) in [5.41, 5.74) is 3.55. The van der Waals surface area contributed by atoms with Crippen molar-refractivity contribution in [2.24, 2.45) is 0 Å². The van der Waals surface area contributed by atoms with Crippen molar-refractivity contribution in [1.29, 1.82) is 0 Å². The Balaban J connectivity index is 1.45. The monoisotopic (exact) mass is 485 g/mol. The number of carbonyl (C=O) groups excluding carboxylic acids is 1. The van der Waals surface area contributed by atoms with E-state index in [-0.39, 0.29) is 5.91 Å². The van der Waals surface area contributed by atoms with Crippen LogP contribution in [0, 0.1) is 5.82 Å². The van der Waals surface area contributed by atoms with Gasteiger partial charge in [-0.2, -0.15) is 0 Å². The third kappa shape index (κ3) is 4.88. The lowest BCUT2D eigenvalue weighted by atomic mass is 10.0. The number of ether oxygens (including phenoxy) is 2. The molecule has 184 valence electrons. The molecule has 0 saturated carbocycles. The minimum absolute atomic E-state index is 0.124. The van der Waals surface area contributed by atoms with Crippen LogP contribution in [0.4, 0.5) is 4.39 Å². The first kappa shape index (κ1) is 23.8. The molecule has 0 bridgehead atoms. The molecule has 0 unspecified atom stereocenters. The number of hydrogen-bond acceptors (Lipinski definition) is 5. The van der Waals surface area contributed by atoms with Crippen LogP contribution in [0.15, 0.2) is 72.8 Å². The van der Waals surface area contributed by atoms with Crippen LogP contribution in [-0.4, -0.2) is 61.1 Å². The van der Waals surface area contributed by atoms with Crippen LogP contribution in [0.1, 0.15) is 15.9 Å². The summed E-state index contributed by atoms with van der Waals surface area (Å²) in [4.78, 5) is 22.7. The van der Waals surface area contributed by atoms with Gasteiger partial charge in [-0.05, 0) is 42.0 Å². The minimum Gasteiger partial charge on any atom is -0.497 e. The Kier molecular flexibility index (Phi) is 6.82. The molecule has 0 N–H and O–H groups in total. The van der Waals surface area contributed by atoms with Gasteiger partial charge in [-0.25, -0.2) is 9.37 Å². The molecule has 1 aliphatic rings. The molecule has 6 nitrogen and oxygen atoms in total. The molecule has 0 radical (unpaired) electrons. The molecule has 7 heteroatoms. The second kappa shape index (κ2) is 10.3. The Morgan fingerprint density at radius 1 is 0.917 bits per heavy atom. The topological polar surface area (TPSA) is 54.9 Å². The summed E-state index contributed by atoms with van der Waals surface area (Å²) in [6.45, 7) is 3.61. The number of benzene rings is 3. The van der Waals surface area contributed by atoms with Crippen molar-refractivity contribution in [3.63, 3.8) is 0 Å². The van der Waals surface area contributed by atoms with Gasteiger partial charge in [0.1, 0.15) is 17.3 Å². The molecule has 1 fully saturated rings. The van der Waals surface area contributed by atoms with E-state index in [1.54, 1.807) is 32.4 Å². The summed E-state index contributed by atoms with van der Waals surface area (Å²) >= 11 is 0. The fourth-order valence-electron chi connectivity index (χ4n) is 4.64. The lowest BCUT2D eigenvalue weighted by Crippen LogP contribution is -2.48. The Bertz CT molecular complexity index is 1390. The van der Waals surface area contributed by atoms with Crippen molar-refractivity contribution in [3.05, 3.63) is 89.7 Å². The third-order valence-electron chi connectivity index (χ3n) is 6.59. The predicted octanol–water partition coefficient (Wildman–Crippen LogP) is 5.02. The van der Waals surface area contributed by atoms with Gasteiger partial charge < -0.3 is 14.4 Å². The molecule has 1 saturated heterocycles. The van der Waals surface area contributed by atoms with Gasteiger partial charge in [-0.1, -0.05) is 30.3 Å². The zero-order valence-electron chi connectivity index (χ0n) is 20.4. The maximum absolute atomic E-state index is 14.2. The summed E-state index contributed by atoms with van der Waals surface area (Å²) in [5.74, 6) is 0.710. The van der Waals surface area contributed by atoms with Gasteiger partial charge in [0.2, 0.25) is 0 Å². The number of pyridine rings is 1. The second-order valence-electron chi connectivity index (χ2n) is 8.84. The number of nitrogens with zero attached hydrogens (tertiary/aromatic N) is 3. The molecular formula is C29H28FN3O3. The van der Waals surface area contributed by atoms with E-state index in [0.717, 1.165) is 25.2 Å². The Hall–Kier alpha value is -3.97. The van der Waals surface area contributed by atoms with E-state index in [9.17, 15) is 9.18 Å². The van der Waals surface area contributed by atoms with Crippen LogP contribution in [0.5, 0.6) is 11.5 Å². The lowest BCUT2D eigenvalue weighted by Gasteiger charge is -2.35. The maximum atomic E-state index is 14.2. The predicted molar refractivity (Wildman–Crippen MR) is 138 cm³/mol. The van der Waals surface area contributed by atoms with Crippen molar-refractivity contribution in [2.45, 2.75) is 6.54 Å². The first-order valence-corrected chi connectivity index (χ1v) is 11.9. The molecule has 5 rings (SSSR count). The number of aromatic nitrogens is 1. The van der Waals surface area contributed by atoms with Crippen LogP contribution in [0.3, 0.4) is 0 Å². The van der Waals surface area contributed by atoms with Crippen LogP contribution in [0.2, 0.25) is 0 Å². The highest BCUT2D eigenvalue weighted by Crippen LogP contribution is 2.35. The van der Waals surface area contributed by atoms with Gasteiger partial charge in [0.05, 0.1) is 31.0 Å². The smallest absolute Gasteiger partial charge is 0.254 e. The number of halogens is 1. The molecule has 3 aromatic carbocycles. The first-order chi connectivity index (χ1) is 17.6. The van der Waals surface area contributed by atoms with Gasteiger partial charge in [0, 0.05) is 49.7 Å². The molecule has 1 aromatic heterocycles. The minimum atomic E-state index is -0.402.